The van der Waals surface area contributed by atoms with E-state index in [1.165, 1.54) is 5.56 Å². The zero-order valence-electron chi connectivity index (χ0n) is 12.4. The normalized spacial score (nSPS) is 13.1. The van der Waals surface area contributed by atoms with E-state index in [1.54, 1.807) is 0 Å². The molecule has 0 saturated heterocycles. The van der Waals surface area contributed by atoms with E-state index in [2.05, 4.69) is 5.32 Å². The Kier molecular flexibility index (Phi) is 5.55. The van der Waals surface area contributed by atoms with Crippen molar-refractivity contribution in [2.75, 3.05) is 0 Å². The predicted octanol–water partition coefficient (Wildman–Crippen LogP) is 3.11. The van der Waals surface area contributed by atoms with Crippen molar-refractivity contribution in [2.45, 2.75) is 58.6 Å². The first-order chi connectivity index (χ1) is 8.78. The highest BCUT2D eigenvalue weighted by molar-refractivity contribution is 5.76. The Labute approximate surface area is 116 Å². The number of aryl methyl sites for hydroxylation is 1. The molecule has 0 fully saturated rings. The predicted molar refractivity (Wildman–Crippen MR) is 77.9 cm³/mol. The van der Waals surface area contributed by atoms with Crippen LogP contribution >= 0.6 is 0 Å². The highest BCUT2D eigenvalue weighted by atomic mass is 16.3. The van der Waals surface area contributed by atoms with Crippen molar-refractivity contribution in [1.29, 1.82) is 0 Å². The van der Waals surface area contributed by atoms with Crippen LogP contribution in [-0.2, 0) is 4.79 Å². The summed E-state index contributed by atoms with van der Waals surface area (Å²) in [6.45, 7) is 7.91. The first-order valence-electron chi connectivity index (χ1n) is 6.83. The summed E-state index contributed by atoms with van der Waals surface area (Å²) in [6.07, 6.45) is 1.28. The van der Waals surface area contributed by atoms with Gasteiger partial charge in [-0.3, -0.25) is 4.79 Å². The van der Waals surface area contributed by atoms with Gasteiger partial charge in [0.15, 0.2) is 0 Å². The molecule has 106 valence electrons. The molecule has 0 saturated carbocycles. The second kappa shape index (κ2) is 6.71. The van der Waals surface area contributed by atoms with Gasteiger partial charge in [-0.05, 0) is 46.1 Å². The quantitative estimate of drug-likeness (QED) is 0.857. The molecule has 0 spiro atoms. The zero-order chi connectivity index (χ0) is 14.5. The molecule has 2 N–H and O–H groups in total. The van der Waals surface area contributed by atoms with Gasteiger partial charge in [-0.15, -0.1) is 0 Å². The van der Waals surface area contributed by atoms with Crippen molar-refractivity contribution >= 4 is 5.91 Å². The molecule has 1 unspecified atom stereocenters. The summed E-state index contributed by atoms with van der Waals surface area (Å²) in [4.78, 5) is 11.6. The number of carbonyl (C=O) groups excluding carboxylic acids is 1. The minimum absolute atomic E-state index is 0.0450. The number of nitrogens with one attached hydrogen (secondary N) is 1. The second-order valence-electron chi connectivity index (χ2n) is 6.12. The number of rotatable bonds is 5. The zero-order valence-corrected chi connectivity index (χ0v) is 12.4. The maximum atomic E-state index is 11.6. The molecule has 1 aromatic rings. The first kappa shape index (κ1) is 15.7. The fourth-order valence-electron chi connectivity index (χ4n) is 1.89. The van der Waals surface area contributed by atoms with Gasteiger partial charge in [-0.2, -0.15) is 0 Å². The van der Waals surface area contributed by atoms with Gasteiger partial charge in [0.25, 0.3) is 0 Å². The van der Waals surface area contributed by atoms with Gasteiger partial charge >= 0.3 is 0 Å². The maximum Gasteiger partial charge on any atom is 0.220 e. The number of aliphatic hydroxyl groups excluding tert-OH is 1. The molecule has 1 aromatic carbocycles. The lowest BCUT2D eigenvalue weighted by atomic mass is 10.0. The van der Waals surface area contributed by atoms with Crippen molar-refractivity contribution in [2.24, 2.45) is 0 Å². The lowest BCUT2D eigenvalue weighted by molar-refractivity contribution is -0.122. The molecule has 0 aliphatic heterocycles. The van der Waals surface area contributed by atoms with Gasteiger partial charge in [0, 0.05) is 12.0 Å². The largest absolute Gasteiger partial charge is 0.388 e. The summed E-state index contributed by atoms with van der Waals surface area (Å²) >= 11 is 0. The minimum Gasteiger partial charge on any atom is -0.388 e. The van der Waals surface area contributed by atoms with E-state index in [0.717, 1.165) is 5.56 Å². The minimum atomic E-state index is -0.483. The van der Waals surface area contributed by atoms with E-state index in [9.17, 15) is 9.90 Å². The monoisotopic (exact) mass is 263 g/mol. The third-order valence-electron chi connectivity index (χ3n) is 2.86. The van der Waals surface area contributed by atoms with Crippen LogP contribution < -0.4 is 5.32 Å². The molecule has 19 heavy (non-hydrogen) atoms. The van der Waals surface area contributed by atoms with Crippen molar-refractivity contribution in [3.05, 3.63) is 35.4 Å². The van der Waals surface area contributed by atoms with Crippen LogP contribution in [0.25, 0.3) is 0 Å². The fraction of sp³-hybridized carbons (Fsp3) is 0.562. The smallest absolute Gasteiger partial charge is 0.220 e. The molecule has 1 amide bonds. The van der Waals surface area contributed by atoms with E-state index >= 15 is 0 Å². The molecular weight excluding hydrogens is 238 g/mol. The van der Waals surface area contributed by atoms with E-state index in [-0.39, 0.29) is 11.4 Å². The topological polar surface area (TPSA) is 49.3 Å². The number of amides is 1. The van der Waals surface area contributed by atoms with E-state index in [0.29, 0.717) is 19.3 Å². The summed E-state index contributed by atoms with van der Waals surface area (Å²) < 4.78 is 0. The van der Waals surface area contributed by atoms with Crippen LogP contribution in [0, 0.1) is 6.92 Å². The third kappa shape index (κ3) is 6.39. The van der Waals surface area contributed by atoms with Gasteiger partial charge in [0.05, 0.1) is 6.10 Å². The van der Waals surface area contributed by atoms with Gasteiger partial charge in [-0.1, -0.05) is 29.8 Å². The van der Waals surface area contributed by atoms with Gasteiger partial charge in [0.1, 0.15) is 0 Å². The molecule has 1 atom stereocenters. The summed E-state index contributed by atoms with van der Waals surface area (Å²) in [5, 5.41) is 12.9. The summed E-state index contributed by atoms with van der Waals surface area (Å²) in [5.41, 5.74) is 1.91. The Hall–Kier alpha value is -1.35. The lowest BCUT2D eigenvalue weighted by Crippen LogP contribution is -2.40. The van der Waals surface area contributed by atoms with Gasteiger partial charge < -0.3 is 10.4 Å². The van der Waals surface area contributed by atoms with Crippen molar-refractivity contribution < 1.29 is 9.90 Å². The van der Waals surface area contributed by atoms with Crippen LogP contribution in [0.5, 0.6) is 0 Å². The van der Waals surface area contributed by atoms with Crippen molar-refractivity contribution in [3.63, 3.8) is 0 Å². The second-order valence-corrected chi connectivity index (χ2v) is 6.12. The molecule has 0 bridgehead atoms. The summed E-state index contributed by atoms with van der Waals surface area (Å²) in [7, 11) is 0. The number of benzene rings is 1. The van der Waals surface area contributed by atoms with Crippen LogP contribution in [0.1, 0.15) is 57.3 Å². The highest BCUT2D eigenvalue weighted by Gasteiger charge is 2.14. The number of aliphatic hydroxyl groups is 1. The summed E-state index contributed by atoms with van der Waals surface area (Å²) in [5.74, 6) is 0.0450. The molecule has 0 aliphatic rings. The number of carbonyl (C=O) groups is 1. The SMILES string of the molecule is Cc1ccc(C(O)CCCC(=O)NC(C)(C)C)cc1. The van der Waals surface area contributed by atoms with Crippen LogP contribution in [-0.4, -0.2) is 16.6 Å². The lowest BCUT2D eigenvalue weighted by Gasteiger charge is -2.20. The molecule has 0 aliphatic carbocycles. The maximum absolute atomic E-state index is 11.6. The Morgan fingerprint density at radius 1 is 1.26 bits per heavy atom. The van der Waals surface area contributed by atoms with E-state index in [4.69, 9.17) is 0 Å². The van der Waals surface area contributed by atoms with Crippen LogP contribution in [0.3, 0.4) is 0 Å². The van der Waals surface area contributed by atoms with Crippen LogP contribution in [0.2, 0.25) is 0 Å². The molecule has 0 heterocycles. The molecular formula is C16H25NO2. The van der Waals surface area contributed by atoms with Crippen molar-refractivity contribution in [1.82, 2.24) is 5.32 Å². The van der Waals surface area contributed by atoms with Crippen LogP contribution in [0.15, 0.2) is 24.3 Å². The summed E-state index contributed by atoms with van der Waals surface area (Å²) in [6, 6.07) is 7.86. The number of hydrogen-bond acceptors (Lipinski definition) is 2. The molecule has 3 nitrogen and oxygen atoms in total. The fourth-order valence-corrected chi connectivity index (χ4v) is 1.89. The van der Waals surface area contributed by atoms with E-state index in [1.807, 2.05) is 52.0 Å². The van der Waals surface area contributed by atoms with Crippen LogP contribution in [0.4, 0.5) is 0 Å². The standard InChI is InChI=1S/C16H25NO2/c1-12-8-10-13(11-9-12)14(18)6-5-7-15(19)17-16(2,3)4/h8-11,14,18H,5-7H2,1-4H3,(H,17,19). The average molecular weight is 263 g/mol. The Bertz CT molecular complexity index is 404. The Morgan fingerprint density at radius 2 is 1.84 bits per heavy atom. The highest BCUT2D eigenvalue weighted by Crippen LogP contribution is 2.19. The Morgan fingerprint density at radius 3 is 2.37 bits per heavy atom. The van der Waals surface area contributed by atoms with Gasteiger partial charge in [-0.25, -0.2) is 0 Å². The first-order valence-corrected chi connectivity index (χ1v) is 6.83. The van der Waals surface area contributed by atoms with Crippen molar-refractivity contribution in [3.8, 4) is 0 Å². The molecule has 0 aromatic heterocycles. The third-order valence-corrected chi connectivity index (χ3v) is 2.86. The van der Waals surface area contributed by atoms with E-state index < -0.39 is 6.10 Å². The molecule has 3 heteroatoms. The molecule has 0 radical (unpaired) electrons. The van der Waals surface area contributed by atoms with Gasteiger partial charge in [0.2, 0.25) is 5.91 Å². The number of hydrogen-bond donors (Lipinski definition) is 2. The Balaban J connectivity index is 2.33. The average Bonchev–Trinajstić information content (AvgIpc) is 2.27. The molecule has 1 rings (SSSR count).